The van der Waals surface area contributed by atoms with E-state index in [1.165, 1.54) is 0 Å². The van der Waals surface area contributed by atoms with Crippen LogP contribution in [0.5, 0.6) is 17.2 Å². The Morgan fingerprint density at radius 3 is 2.85 bits per heavy atom. The van der Waals surface area contributed by atoms with E-state index in [-0.39, 0.29) is 25.1 Å². The molecule has 1 unspecified atom stereocenters. The summed E-state index contributed by atoms with van der Waals surface area (Å²) in [7, 11) is 0. The number of anilines is 1. The largest absolute Gasteiger partial charge is 0.489 e. The monoisotopic (exact) mass is 378 g/mol. The maximum Gasteiger partial charge on any atom is 0.241 e. The highest BCUT2D eigenvalue weighted by atomic mass is 35.5. The molecule has 0 spiro atoms. The zero-order valence-electron chi connectivity index (χ0n) is 14.6. The molecular weight excluding hydrogens is 356 g/mol. The fourth-order valence-electron chi connectivity index (χ4n) is 2.55. The third kappa shape index (κ3) is 5.03. The maximum atomic E-state index is 12.0. The van der Waals surface area contributed by atoms with Gasteiger partial charge in [0.2, 0.25) is 12.7 Å². The van der Waals surface area contributed by atoms with Gasteiger partial charge in [-0.1, -0.05) is 25.5 Å². The molecule has 1 atom stereocenters. The molecule has 7 heteroatoms. The van der Waals surface area contributed by atoms with Crippen LogP contribution in [0, 0.1) is 0 Å². The van der Waals surface area contributed by atoms with Gasteiger partial charge in [-0.15, -0.1) is 12.4 Å². The van der Waals surface area contributed by atoms with Gasteiger partial charge in [0, 0.05) is 11.8 Å². The van der Waals surface area contributed by atoms with Gasteiger partial charge in [-0.25, -0.2) is 0 Å². The lowest BCUT2D eigenvalue weighted by atomic mass is 10.1. The van der Waals surface area contributed by atoms with Gasteiger partial charge in [-0.2, -0.15) is 0 Å². The Kier molecular flexibility index (Phi) is 7.12. The van der Waals surface area contributed by atoms with Crippen LogP contribution in [0.2, 0.25) is 0 Å². The Balaban J connectivity index is 0.00000243. The number of hydrogen-bond donors (Lipinski definition) is 2. The number of carbonyl (C=O) groups excluding carboxylic acids is 1. The molecule has 1 heterocycles. The molecule has 26 heavy (non-hydrogen) atoms. The van der Waals surface area contributed by atoms with Crippen LogP contribution in [-0.4, -0.2) is 18.7 Å². The molecule has 0 saturated heterocycles. The fraction of sp³-hybridized carbons (Fsp3) is 0.316. The normalized spacial score (nSPS) is 12.8. The number of carbonyl (C=O) groups is 1. The summed E-state index contributed by atoms with van der Waals surface area (Å²) in [6.45, 7) is 2.62. The second-order valence-corrected chi connectivity index (χ2v) is 5.89. The SMILES string of the molecule is CCCC(N)C(=O)Nc1cccc(COc2ccc3c(c2)OCO3)c1.Cl. The Bertz CT molecular complexity index is 754. The Labute approximate surface area is 159 Å². The highest BCUT2D eigenvalue weighted by Gasteiger charge is 2.14. The average molecular weight is 379 g/mol. The van der Waals surface area contributed by atoms with Crippen LogP contribution in [0.25, 0.3) is 0 Å². The first kappa shape index (κ1) is 19.9. The van der Waals surface area contributed by atoms with E-state index in [1.54, 1.807) is 6.07 Å². The quantitative estimate of drug-likeness (QED) is 0.770. The number of amides is 1. The third-order valence-electron chi connectivity index (χ3n) is 3.88. The van der Waals surface area contributed by atoms with Gasteiger partial charge in [0.15, 0.2) is 11.5 Å². The molecule has 1 aliphatic heterocycles. The van der Waals surface area contributed by atoms with E-state index in [0.29, 0.717) is 30.2 Å². The first-order valence-electron chi connectivity index (χ1n) is 8.33. The van der Waals surface area contributed by atoms with E-state index in [9.17, 15) is 4.79 Å². The summed E-state index contributed by atoms with van der Waals surface area (Å²) in [4.78, 5) is 12.0. The molecule has 0 bridgehead atoms. The number of fused-ring (bicyclic) bond motifs is 1. The molecule has 1 aliphatic rings. The van der Waals surface area contributed by atoms with E-state index in [4.69, 9.17) is 19.9 Å². The van der Waals surface area contributed by atoms with Crippen LogP contribution in [0.4, 0.5) is 5.69 Å². The Morgan fingerprint density at radius 1 is 1.23 bits per heavy atom. The summed E-state index contributed by atoms with van der Waals surface area (Å²) in [5.74, 6) is 1.93. The minimum atomic E-state index is -0.487. The summed E-state index contributed by atoms with van der Waals surface area (Å²) in [6, 6.07) is 12.5. The average Bonchev–Trinajstić information content (AvgIpc) is 3.08. The molecule has 0 saturated carbocycles. The van der Waals surface area contributed by atoms with Crippen molar-refractivity contribution >= 4 is 24.0 Å². The molecule has 0 aromatic heterocycles. The number of halogens is 1. The summed E-state index contributed by atoms with van der Waals surface area (Å²) in [6.07, 6.45) is 1.54. The van der Waals surface area contributed by atoms with Gasteiger partial charge in [0.05, 0.1) is 6.04 Å². The summed E-state index contributed by atoms with van der Waals surface area (Å²) < 4.78 is 16.4. The second-order valence-electron chi connectivity index (χ2n) is 5.89. The Hall–Kier alpha value is -2.44. The summed E-state index contributed by atoms with van der Waals surface area (Å²) >= 11 is 0. The van der Waals surface area contributed by atoms with Crippen molar-refractivity contribution in [3.63, 3.8) is 0 Å². The minimum Gasteiger partial charge on any atom is -0.489 e. The van der Waals surface area contributed by atoms with Gasteiger partial charge < -0.3 is 25.3 Å². The second kappa shape index (κ2) is 9.31. The van der Waals surface area contributed by atoms with Crippen molar-refractivity contribution in [2.45, 2.75) is 32.4 Å². The lowest BCUT2D eigenvalue weighted by Gasteiger charge is -2.12. The van der Waals surface area contributed by atoms with Crippen LogP contribution in [0.3, 0.4) is 0 Å². The van der Waals surface area contributed by atoms with Crippen LogP contribution in [-0.2, 0) is 11.4 Å². The zero-order chi connectivity index (χ0) is 17.6. The summed E-state index contributed by atoms with van der Waals surface area (Å²) in [5.41, 5.74) is 7.49. The lowest BCUT2D eigenvalue weighted by molar-refractivity contribution is -0.117. The predicted molar refractivity (Wildman–Crippen MR) is 102 cm³/mol. The first-order valence-corrected chi connectivity index (χ1v) is 8.33. The molecule has 140 valence electrons. The number of nitrogens with two attached hydrogens (primary N) is 1. The van der Waals surface area contributed by atoms with Crippen LogP contribution in [0.1, 0.15) is 25.3 Å². The van der Waals surface area contributed by atoms with E-state index < -0.39 is 6.04 Å². The van der Waals surface area contributed by atoms with Gasteiger partial charge in [0.1, 0.15) is 12.4 Å². The van der Waals surface area contributed by atoms with E-state index in [2.05, 4.69) is 5.32 Å². The van der Waals surface area contributed by atoms with E-state index in [0.717, 1.165) is 17.7 Å². The molecule has 2 aromatic rings. The van der Waals surface area contributed by atoms with E-state index >= 15 is 0 Å². The standard InChI is InChI=1S/C19H22N2O4.ClH/c1-2-4-16(20)19(22)21-14-6-3-5-13(9-14)11-23-15-7-8-17-18(10-15)25-12-24-17;/h3,5-10,16H,2,4,11-12,20H2,1H3,(H,21,22);1H. The van der Waals surface area contributed by atoms with Gasteiger partial charge in [0.25, 0.3) is 0 Å². The van der Waals surface area contributed by atoms with Gasteiger partial charge in [-0.3, -0.25) is 4.79 Å². The van der Waals surface area contributed by atoms with Crippen molar-refractivity contribution < 1.29 is 19.0 Å². The van der Waals surface area contributed by atoms with Crippen LogP contribution in [0.15, 0.2) is 42.5 Å². The molecule has 3 rings (SSSR count). The van der Waals surface area contributed by atoms with Gasteiger partial charge in [-0.05, 0) is 36.2 Å². The van der Waals surface area contributed by atoms with E-state index in [1.807, 2.05) is 43.3 Å². The molecule has 0 fully saturated rings. The highest BCUT2D eigenvalue weighted by Crippen LogP contribution is 2.35. The zero-order valence-corrected chi connectivity index (χ0v) is 15.4. The van der Waals surface area contributed by atoms with Crippen LogP contribution >= 0.6 is 12.4 Å². The van der Waals surface area contributed by atoms with Crippen molar-refractivity contribution in [1.29, 1.82) is 0 Å². The predicted octanol–water partition coefficient (Wildman–Crippen LogP) is 3.48. The Morgan fingerprint density at radius 2 is 2.04 bits per heavy atom. The fourth-order valence-corrected chi connectivity index (χ4v) is 2.55. The third-order valence-corrected chi connectivity index (χ3v) is 3.88. The molecule has 0 aliphatic carbocycles. The van der Waals surface area contributed by atoms with Gasteiger partial charge >= 0.3 is 0 Å². The van der Waals surface area contributed by atoms with Crippen molar-refractivity contribution in [2.24, 2.45) is 5.73 Å². The van der Waals surface area contributed by atoms with Crippen molar-refractivity contribution in [2.75, 3.05) is 12.1 Å². The number of ether oxygens (including phenoxy) is 3. The molecular formula is C19H23ClN2O4. The van der Waals surface area contributed by atoms with Crippen molar-refractivity contribution in [3.05, 3.63) is 48.0 Å². The topological polar surface area (TPSA) is 82.8 Å². The molecule has 0 radical (unpaired) electrons. The van der Waals surface area contributed by atoms with Crippen molar-refractivity contribution in [3.8, 4) is 17.2 Å². The molecule has 1 amide bonds. The summed E-state index contributed by atoms with van der Waals surface area (Å²) in [5, 5.41) is 2.84. The number of hydrogen-bond acceptors (Lipinski definition) is 5. The van der Waals surface area contributed by atoms with Crippen molar-refractivity contribution in [1.82, 2.24) is 0 Å². The maximum absolute atomic E-state index is 12.0. The molecule has 2 aromatic carbocycles. The first-order chi connectivity index (χ1) is 12.2. The lowest BCUT2D eigenvalue weighted by Crippen LogP contribution is -2.35. The number of nitrogens with one attached hydrogen (secondary N) is 1. The highest BCUT2D eigenvalue weighted by molar-refractivity contribution is 5.94. The van der Waals surface area contributed by atoms with Crippen LogP contribution < -0.4 is 25.3 Å². The molecule has 6 nitrogen and oxygen atoms in total. The minimum absolute atomic E-state index is 0. The molecule has 3 N–H and O–H groups in total. The number of benzene rings is 2. The smallest absolute Gasteiger partial charge is 0.241 e. The number of rotatable bonds is 7.